The van der Waals surface area contributed by atoms with Gasteiger partial charge in [-0.3, -0.25) is 4.79 Å². The predicted molar refractivity (Wildman–Crippen MR) is 86.9 cm³/mol. The highest BCUT2D eigenvalue weighted by atomic mass is 16.5. The van der Waals surface area contributed by atoms with E-state index in [-0.39, 0.29) is 11.5 Å². The van der Waals surface area contributed by atoms with Crippen LogP contribution in [0.1, 0.15) is 58.3 Å². The van der Waals surface area contributed by atoms with Gasteiger partial charge in [0.05, 0.1) is 5.60 Å². The molecule has 1 aliphatic heterocycles. The van der Waals surface area contributed by atoms with E-state index < -0.39 is 5.60 Å². The lowest BCUT2D eigenvalue weighted by atomic mass is 9.84. The first kappa shape index (κ1) is 17.7. The number of rotatable bonds is 7. The number of nitrogens with one attached hydrogen (secondary N) is 2. The Morgan fingerprint density at radius 3 is 2.41 bits per heavy atom. The standard InChI is InChI=1S/C17H32N2O3/c1-3-13-22-16(7-5-4-6-8-16)14-19-15(20)17(21-2)9-11-18-12-10-17/h18H,3-14H2,1-2H3,(H,19,20). The lowest BCUT2D eigenvalue weighted by Gasteiger charge is -2.40. The van der Waals surface area contributed by atoms with E-state index in [0.29, 0.717) is 6.54 Å². The van der Waals surface area contributed by atoms with Crippen LogP contribution in [0.4, 0.5) is 0 Å². The molecule has 2 fully saturated rings. The summed E-state index contributed by atoms with van der Waals surface area (Å²) in [6, 6.07) is 0. The summed E-state index contributed by atoms with van der Waals surface area (Å²) >= 11 is 0. The molecule has 128 valence electrons. The summed E-state index contributed by atoms with van der Waals surface area (Å²) in [7, 11) is 1.65. The fourth-order valence-corrected chi connectivity index (χ4v) is 3.64. The molecule has 0 atom stereocenters. The first-order valence-corrected chi connectivity index (χ1v) is 8.84. The lowest BCUT2D eigenvalue weighted by Crippen LogP contribution is -2.57. The van der Waals surface area contributed by atoms with Gasteiger partial charge in [-0.1, -0.05) is 26.2 Å². The molecule has 1 saturated carbocycles. The Bertz CT molecular complexity index is 348. The quantitative estimate of drug-likeness (QED) is 0.755. The van der Waals surface area contributed by atoms with E-state index >= 15 is 0 Å². The van der Waals surface area contributed by atoms with E-state index in [4.69, 9.17) is 9.47 Å². The third-order valence-electron chi connectivity index (χ3n) is 5.16. The summed E-state index contributed by atoms with van der Waals surface area (Å²) in [5.74, 6) is 0.0292. The Balaban J connectivity index is 1.94. The van der Waals surface area contributed by atoms with Gasteiger partial charge >= 0.3 is 0 Å². The molecule has 5 nitrogen and oxygen atoms in total. The maximum Gasteiger partial charge on any atom is 0.252 e. The van der Waals surface area contributed by atoms with Crippen LogP contribution in [0.5, 0.6) is 0 Å². The van der Waals surface area contributed by atoms with Crippen molar-refractivity contribution < 1.29 is 14.3 Å². The van der Waals surface area contributed by atoms with E-state index in [9.17, 15) is 4.79 Å². The van der Waals surface area contributed by atoms with Crippen LogP contribution in [-0.4, -0.2) is 50.5 Å². The number of carbonyl (C=O) groups excluding carboxylic acids is 1. The van der Waals surface area contributed by atoms with Crippen LogP contribution in [0.3, 0.4) is 0 Å². The number of piperidine rings is 1. The monoisotopic (exact) mass is 312 g/mol. The van der Waals surface area contributed by atoms with Crippen molar-refractivity contribution in [2.45, 2.75) is 69.5 Å². The highest BCUT2D eigenvalue weighted by molar-refractivity contribution is 5.85. The van der Waals surface area contributed by atoms with Gasteiger partial charge in [0.25, 0.3) is 5.91 Å². The molecule has 0 aromatic rings. The average molecular weight is 312 g/mol. The molecule has 1 amide bonds. The fraction of sp³-hybridized carbons (Fsp3) is 0.941. The van der Waals surface area contributed by atoms with Crippen LogP contribution in [0, 0.1) is 0 Å². The molecule has 2 aliphatic rings. The molecule has 0 unspecified atom stereocenters. The minimum Gasteiger partial charge on any atom is -0.373 e. The van der Waals surface area contributed by atoms with Gasteiger partial charge in [0.1, 0.15) is 5.60 Å². The van der Waals surface area contributed by atoms with Crippen LogP contribution >= 0.6 is 0 Å². The summed E-state index contributed by atoms with van der Waals surface area (Å²) in [5.41, 5.74) is -0.822. The lowest BCUT2D eigenvalue weighted by molar-refractivity contribution is -0.149. The molecular weight excluding hydrogens is 280 g/mol. The SMILES string of the molecule is CCCOC1(CNC(=O)C2(OC)CCNCC2)CCCCC1. The van der Waals surface area contributed by atoms with Gasteiger partial charge in [0.2, 0.25) is 0 Å². The maximum atomic E-state index is 12.7. The van der Waals surface area contributed by atoms with Gasteiger partial charge in [0, 0.05) is 20.3 Å². The van der Waals surface area contributed by atoms with Crippen LogP contribution in [-0.2, 0) is 14.3 Å². The van der Waals surface area contributed by atoms with Crippen molar-refractivity contribution in [2.24, 2.45) is 0 Å². The normalized spacial score (nSPS) is 23.9. The van der Waals surface area contributed by atoms with Gasteiger partial charge in [-0.15, -0.1) is 0 Å². The van der Waals surface area contributed by atoms with Crippen LogP contribution in [0.15, 0.2) is 0 Å². The van der Waals surface area contributed by atoms with Crippen molar-refractivity contribution in [3.05, 3.63) is 0 Å². The highest BCUT2D eigenvalue weighted by Crippen LogP contribution is 2.32. The van der Waals surface area contributed by atoms with Crippen molar-refractivity contribution >= 4 is 5.91 Å². The second-order valence-electron chi connectivity index (χ2n) is 6.72. The Hall–Kier alpha value is -0.650. The third kappa shape index (κ3) is 4.21. The Morgan fingerprint density at radius 1 is 1.14 bits per heavy atom. The third-order valence-corrected chi connectivity index (χ3v) is 5.16. The number of amides is 1. The summed E-state index contributed by atoms with van der Waals surface area (Å²) < 4.78 is 11.8. The topological polar surface area (TPSA) is 59.6 Å². The molecule has 0 radical (unpaired) electrons. The zero-order chi connectivity index (χ0) is 15.9. The summed E-state index contributed by atoms with van der Waals surface area (Å²) in [5, 5.41) is 6.43. The van der Waals surface area contributed by atoms with E-state index in [1.807, 2.05) is 0 Å². The zero-order valence-corrected chi connectivity index (χ0v) is 14.2. The minimum atomic E-state index is -0.661. The van der Waals surface area contributed by atoms with E-state index in [1.54, 1.807) is 7.11 Å². The van der Waals surface area contributed by atoms with Crippen LogP contribution in [0.25, 0.3) is 0 Å². The van der Waals surface area contributed by atoms with E-state index in [1.165, 1.54) is 19.3 Å². The fourth-order valence-electron chi connectivity index (χ4n) is 3.64. The number of hydrogen-bond acceptors (Lipinski definition) is 4. The molecule has 2 N–H and O–H groups in total. The van der Waals surface area contributed by atoms with Gasteiger partial charge in [-0.25, -0.2) is 0 Å². The Labute approximate surface area is 134 Å². The molecule has 1 heterocycles. The zero-order valence-electron chi connectivity index (χ0n) is 14.2. The first-order valence-electron chi connectivity index (χ1n) is 8.84. The van der Waals surface area contributed by atoms with Crippen molar-refractivity contribution in [2.75, 3.05) is 33.4 Å². The number of ether oxygens (including phenoxy) is 2. The van der Waals surface area contributed by atoms with Gasteiger partial charge in [0.15, 0.2) is 0 Å². The number of carbonyl (C=O) groups is 1. The van der Waals surface area contributed by atoms with Crippen molar-refractivity contribution in [1.29, 1.82) is 0 Å². The number of methoxy groups -OCH3 is 1. The summed E-state index contributed by atoms with van der Waals surface area (Å²) in [6.45, 7) is 5.18. The van der Waals surface area contributed by atoms with Crippen molar-refractivity contribution in [3.8, 4) is 0 Å². The number of hydrogen-bond donors (Lipinski definition) is 2. The van der Waals surface area contributed by atoms with Gasteiger partial charge in [-0.2, -0.15) is 0 Å². The maximum absolute atomic E-state index is 12.7. The molecule has 0 aromatic heterocycles. The van der Waals surface area contributed by atoms with Crippen molar-refractivity contribution in [3.63, 3.8) is 0 Å². The smallest absolute Gasteiger partial charge is 0.252 e. The predicted octanol–water partition coefficient (Wildman–Crippen LogP) is 2.00. The van der Waals surface area contributed by atoms with E-state index in [0.717, 1.165) is 51.8 Å². The van der Waals surface area contributed by atoms with Crippen molar-refractivity contribution in [1.82, 2.24) is 10.6 Å². The van der Waals surface area contributed by atoms with Gasteiger partial charge < -0.3 is 20.1 Å². The molecule has 0 aromatic carbocycles. The molecular formula is C17H32N2O3. The molecule has 0 bridgehead atoms. The summed E-state index contributed by atoms with van der Waals surface area (Å²) in [6.07, 6.45) is 8.25. The second-order valence-corrected chi connectivity index (χ2v) is 6.72. The molecule has 1 aliphatic carbocycles. The Morgan fingerprint density at radius 2 is 1.82 bits per heavy atom. The molecule has 0 spiro atoms. The van der Waals surface area contributed by atoms with Crippen LogP contribution < -0.4 is 10.6 Å². The van der Waals surface area contributed by atoms with Gasteiger partial charge in [-0.05, 0) is 45.2 Å². The van der Waals surface area contributed by atoms with Crippen LogP contribution in [0.2, 0.25) is 0 Å². The second kappa shape index (κ2) is 8.27. The highest BCUT2D eigenvalue weighted by Gasteiger charge is 2.41. The molecule has 2 rings (SSSR count). The largest absolute Gasteiger partial charge is 0.373 e. The minimum absolute atomic E-state index is 0.0292. The summed E-state index contributed by atoms with van der Waals surface area (Å²) in [4.78, 5) is 12.7. The molecule has 5 heteroatoms. The Kier molecular flexibility index (Phi) is 6.66. The first-order chi connectivity index (χ1) is 10.7. The molecule has 1 saturated heterocycles. The average Bonchev–Trinajstić information content (AvgIpc) is 2.59. The van der Waals surface area contributed by atoms with E-state index in [2.05, 4.69) is 17.6 Å². The molecule has 22 heavy (non-hydrogen) atoms.